The minimum absolute atomic E-state index is 0.154. The first-order chi connectivity index (χ1) is 12.2. The van der Waals surface area contributed by atoms with E-state index in [9.17, 15) is 9.00 Å². The van der Waals surface area contributed by atoms with Gasteiger partial charge in [0.2, 0.25) is 0 Å². The maximum absolute atomic E-state index is 13.0. The van der Waals surface area contributed by atoms with Crippen molar-refractivity contribution in [2.75, 3.05) is 20.3 Å². The molecule has 1 aliphatic rings. The molecule has 5 nitrogen and oxygen atoms in total. The first-order valence-electron chi connectivity index (χ1n) is 9.80. The molecule has 158 valence electrons. The van der Waals surface area contributed by atoms with Crippen molar-refractivity contribution < 1.29 is 18.2 Å². The lowest BCUT2D eigenvalue weighted by Crippen LogP contribution is -2.47. The molecule has 0 unspecified atom stereocenters. The van der Waals surface area contributed by atoms with E-state index >= 15 is 0 Å². The highest BCUT2D eigenvalue weighted by molar-refractivity contribution is 7.84. The van der Waals surface area contributed by atoms with Crippen molar-refractivity contribution in [2.45, 2.75) is 89.7 Å². The zero-order valence-corrected chi connectivity index (χ0v) is 20.5. The van der Waals surface area contributed by atoms with Crippen molar-refractivity contribution in [3.63, 3.8) is 0 Å². The monoisotopic (exact) mass is 417 g/mol. The molecule has 0 aromatic rings. The number of hydrogen-bond acceptors (Lipinski definition) is 4. The first kappa shape index (κ1) is 24.5. The van der Waals surface area contributed by atoms with E-state index in [0.29, 0.717) is 18.5 Å². The Bertz CT molecular complexity index is 576. The minimum atomic E-state index is -1.74. The standard InChI is InChI=1S/C20H39NO4SSi/c1-19(2,3)26(23)21-15-16(18(22)24-7)12-13-17(21)11-10-14-25-27(8,9)20(4,5)6/h12,17H,10-11,13-15H2,1-9H3/t17-,26-/m1/s1. The van der Waals surface area contributed by atoms with Crippen LogP contribution in [0.25, 0.3) is 0 Å². The van der Waals surface area contributed by atoms with Gasteiger partial charge in [0.1, 0.15) is 11.0 Å². The van der Waals surface area contributed by atoms with Gasteiger partial charge < -0.3 is 9.16 Å². The molecule has 1 rings (SSSR count). The molecule has 0 spiro atoms. The number of nitrogens with zero attached hydrogens (tertiary/aromatic N) is 1. The maximum atomic E-state index is 13.0. The zero-order valence-electron chi connectivity index (χ0n) is 18.7. The van der Waals surface area contributed by atoms with E-state index in [2.05, 4.69) is 33.9 Å². The second kappa shape index (κ2) is 9.33. The van der Waals surface area contributed by atoms with Crippen LogP contribution in [0.3, 0.4) is 0 Å². The molecule has 0 N–H and O–H groups in total. The van der Waals surface area contributed by atoms with Gasteiger partial charge in [-0.1, -0.05) is 26.8 Å². The van der Waals surface area contributed by atoms with Gasteiger partial charge in [-0.15, -0.1) is 0 Å². The van der Waals surface area contributed by atoms with Gasteiger partial charge in [0.25, 0.3) is 0 Å². The molecule has 0 saturated heterocycles. The molecule has 0 aromatic heterocycles. The summed E-state index contributed by atoms with van der Waals surface area (Å²) in [6.45, 7) is 18.3. The molecule has 0 amide bonds. The average molecular weight is 418 g/mol. The van der Waals surface area contributed by atoms with E-state index in [1.165, 1.54) is 7.11 Å². The van der Waals surface area contributed by atoms with Crippen LogP contribution in [0.15, 0.2) is 11.6 Å². The Morgan fingerprint density at radius 3 is 2.33 bits per heavy atom. The SMILES string of the molecule is COC(=O)C1=CC[C@@H](CCCO[Si](C)(C)C(C)(C)C)N([S@](=O)C(C)(C)C)C1. The molecule has 7 heteroatoms. The fraction of sp³-hybridized carbons (Fsp3) is 0.850. The van der Waals surface area contributed by atoms with Gasteiger partial charge in [0.05, 0.1) is 11.9 Å². The van der Waals surface area contributed by atoms with Crippen LogP contribution in [0.1, 0.15) is 60.8 Å². The van der Waals surface area contributed by atoms with Crippen LogP contribution in [0, 0.1) is 0 Å². The molecule has 0 saturated carbocycles. The quantitative estimate of drug-likeness (QED) is 0.349. The van der Waals surface area contributed by atoms with Gasteiger partial charge in [-0.3, -0.25) is 0 Å². The number of hydrogen-bond donors (Lipinski definition) is 0. The molecule has 0 fully saturated rings. The minimum Gasteiger partial charge on any atom is -0.466 e. The summed E-state index contributed by atoms with van der Waals surface area (Å²) in [6.07, 6.45) is 4.49. The Hall–Kier alpha value is -0.503. The maximum Gasteiger partial charge on any atom is 0.334 e. The third-order valence-corrected chi connectivity index (χ3v) is 11.9. The van der Waals surface area contributed by atoms with Gasteiger partial charge in [-0.25, -0.2) is 13.3 Å². The van der Waals surface area contributed by atoms with Crippen molar-refractivity contribution in [1.29, 1.82) is 0 Å². The van der Waals surface area contributed by atoms with Crippen molar-refractivity contribution in [1.82, 2.24) is 4.31 Å². The Morgan fingerprint density at radius 1 is 1.26 bits per heavy atom. The summed E-state index contributed by atoms with van der Waals surface area (Å²) in [6, 6.07) is 0.154. The van der Waals surface area contributed by atoms with Crippen molar-refractivity contribution in [3.8, 4) is 0 Å². The lowest BCUT2D eigenvalue weighted by molar-refractivity contribution is -0.136. The molecule has 1 heterocycles. The summed E-state index contributed by atoms with van der Waals surface area (Å²) in [5.41, 5.74) is 0.601. The number of carbonyl (C=O) groups excluding carboxylic acids is 1. The Morgan fingerprint density at radius 2 is 1.85 bits per heavy atom. The summed E-state index contributed by atoms with van der Waals surface area (Å²) in [5, 5.41) is 0.204. The van der Waals surface area contributed by atoms with Gasteiger partial charge in [0, 0.05) is 24.8 Å². The van der Waals surface area contributed by atoms with Crippen LogP contribution in [0.4, 0.5) is 0 Å². The van der Waals surface area contributed by atoms with Crippen LogP contribution < -0.4 is 0 Å². The largest absolute Gasteiger partial charge is 0.466 e. The number of esters is 1. The van der Waals surface area contributed by atoms with E-state index in [1.54, 1.807) is 0 Å². The van der Waals surface area contributed by atoms with E-state index in [0.717, 1.165) is 19.4 Å². The number of rotatable bonds is 7. The van der Waals surface area contributed by atoms with E-state index in [4.69, 9.17) is 9.16 Å². The topological polar surface area (TPSA) is 55.8 Å². The Kier molecular flexibility index (Phi) is 8.48. The van der Waals surface area contributed by atoms with E-state index < -0.39 is 19.3 Å². The number of carbonyl (C=O) groups is 1. The molecule has 0 radical (unpaired) electrons. The van der Waals surface area contributed by atoms with E-state index in [1.807, 2.05) is 31.2 Å². The highest BCUT2D eigenvalue weighted by Gasteiger charge is 2.38. The van der Waals surface area contributed by atoms with Gasteiger partial charge in [0.15, 0.2) is 8.32 Å². The zero-order chi connectivity index (χ0) is 21.0. The van der Waals surface area contributed by atoms with Gasteiger partial charge in [-0.2, -0.15) is 0 Å². The number of methoxy groups -OCH3 is 1. The smallest absolute Gasteiger partial charge is 0.334 e. The van der Waals surface area contributed by atoms with Crippen LogP contribution >= 0.6 is 0 Å². The molecule has 2 atom stereocenters. The fourth-order valence-corrected chi connectivity index (χ4v) is 5.22. The predicted molar refractivity (Wildman–Crippen MR) is 115 cm³/mol. The van der Waals surface area contributed by atoms with Gasteiger partial charge >= 0.3 is 5.97 Å². The van der Waals surface area contributed by atoms with Crippen LogP contribution in [-0.4, -0.2) is 53.9 Å². The van der Waals surface area contributed by atoms with Crippen molar-refractivity contribution >= 4 is 25.3 Å². The average Bonchev–Trinajstić information content (AvgIpc) is 2.55. The van der Waals surface area contributed by atoms with Crippen LogP contribution in [0.2, 0.25) is 18.1 Å². The summed E-state index contributed by atoms with van der Waals surface area (Å²) < 4.78 is 25.8. The molecule has 0 bridgehead atoms. The third kappa shape index (κ3) is 6.80. The summed E-state index contributed by atoms with van der Waals surface area (Å²) in [5.74, 6) is -0.328. The van der Waals surface area contributed by atoms with Crippen LogP contribution in [-0.2, 0) is 24.9 Å². The van der Waals surface area contributed by atoms with Crippen molar-refractivity contribution in [3.05, 3.63) is 11.6 Å². The summed E-state index contributed by atoms with van der Waals surface area (Å²) >= 11 is 0. The first-order valence-corrected chi connectivity index (χ1v) is 13.8. The second-order valence-corrected chi connectivity index (χ2v) is 16.8. The summed E-state index contributed by atoms with van der Waals surface area (Å²) in [4.78, 5) is 11.9. The molecule has 0 aliphatic carbocycles. The van der Waals surface area contributed by atoms with Crippen LogP contribution in [0.5, 0.6) is 0 Å². The molecular formula is C20H39NO4SSi. The second-order valence-electron chi connectivity index (χ2n) is 9.80. The molecular weight excluding hydrogens is 378 g/mol. The number of ether oxygens (including phenoxy) is 1. The molecule has 27 heavy (non-hydrogen) atoms. The van der Waals surface area contributed by atoms with E-state index in [-0.39, 0.29) is 21.8 Å². The highest BCUT2D eigenvalue weighted by atomic mass is 32.2. The molecule has 0 aromatic carbocycles. The fourth-order valence-electron chi connectivity index (χ4n) is 2.71. The van der Waals surface area contributed by atoms with Crippen molar-refractivity contribution in [2.24, 2.45) is 0 Å². The highest BCUT2D eigenvalue weighted by Crippen LogP contribution is 2.36. The predicted octanol–water partition coefficient (Wildman–Crippen LogP) is 4.42. The van der Waals surface area contributed by atoms with Gasteiger partial charge in [-0.05, 0) is 58.2 Å². The Balaban J connectivity index is 2.77. The lowest BCUT2D eigenvalue weighted by atomic mass is 10.0. The summed E-state index contributed by atoms with van der Waals surface area (Å²) in [7, 11) is -1.53. The third-order valence-electron chi connectivity index (χ3n) is 5.50. The molecule has 1 aliphatic heterocycles. The normalized spacial score (nSPS) is 20.9. The lowest BCUT2D eigenvalue weighted by Gasteiger charge is -2.38. The Labute approximate surface area is 169 Å².